The van der Waals surface area contributed by atoms with Crippen molar-refractivity contribution in [2.75, 3.05) is 26.7 Å². The number of benzene rings is 1. The van der Waals surface area contributed by atoms with Gasteiger partial charge in [-0.2, -0.15) is 0 Å². The van der Waals surface area contributed by atoms with Crippen LogP contribution < -0.4 is 5.32 Å². The fourth-order valence-corrected chi connectivity index (χ4v) is 2.40. The number of carbonyl (C=O) groups excluding carboxylic acids is 1. The first-order chi connectivity index (χ1) is 8.93. The van der Waals surface area contributed by atoms with Crippen LogP contribution in [0.3, 0.4) is 0 Å². The van der Waals surface area contributed by atoms with Gasteiger partial charge in [-0.3, -0.25) is 4.79 Å². The zero-order chi connectivity index (χ0) is 14.0. The maximum Gasteiger partial charge on any atom is 0.256 e. The van der Waals surface area contributed by atoms with Crippen LogP contribution in [0.1, 0.15) is 22.3 Å². The first kappa shape index (κ1) is 14.0. The number of amides is 1. The lowest BCUT2D eigenvalue weighted by molar-refractivity contribution is 0.0250. The predicted octanol–water partition coefficient (Wildman–Crippen LogP) is 0.931. The Labute approximate surface area is 112 Å². The van der Waals surface area contributed by atoms with Gasteiger partial charge in [0, 0.05) is 13.6 Å². The van der Waals surface area contributed by atoms with Crippen molar-refractivity contribution in [1.82, 2.24) is 10.2 Å². The molecule has 1 unspecified atom stereocenters. The lowest BCUT2D eigenvalue weighted by atomic mass is 10.0. The third-order valence-electron chi connectivity index (χ3n) is 3.52. The Hall–Kier alpha value is -1.46. The second-order valence-corrected chi connectivity index (χ2v) is 5.25. The smallest absolute Gasteiger partial charge is 0.256 e. The van der Waals surface area contributed by atoms with Gasteiger partial charge in [-0.25, -0.2) is 4.39 Å². The van der Waals surface area contributed by atoms with E-state index >= 15 is 0 Å². The molecule has 0 bridgehead atoms. The van der Waals surface area contributed by atoms with Crippen LogP contribution in [0.4, 0.5) is 4.39 Å². The van der Waals surface area contributed by atoms with Gasteiger partial charge in [0.1, 0.15) is 5.82 Å². The molecule has 2 rings (SSSR count). The summed E-state index contributed by atoms with van der Waals surface area (Å²) in [4.78, 5) is 13.6. The number of hydrogen-bond donors (Lipinski definition) is 2. The molecule has 0 spiro atoms. The van der Waals surface area contributed by atoms with E-state index in [1.807, 2.05) is 0 Å². The molecule has 1 aromatic rings. The van der Waals surface area contributed by atoms with Crippen molar-refractivity contribution in [2.45, 2.75) is 18.9 Å². The molecule has 0 saturated carbocycles. The third kappa shape index (κ3) is 2.93. The van der Waals surface area contributed by atoms with Crippen LogP contribution in [0.15, 0.2) is 18.2 Å². The molecule has 0 aliphatic carbocycles. The summed E-state index contributed by atoms with van der Waals surface area (Å²) in [5.41, 5.74) is -0.414. The minimum Gasteiger partial charge on any atom is -0.387 e. The fraction of sp³-hybridized carbons (Fsp3) is 0.500. The van der Waals surface area contributed by atoms with Crippen LogP contribution in [0, 0.1) is 12.7 Å². The number of halogens is 1. The van der Waals surface area contributed by atoms with Crippen molar-refractivity contribution in [3.8, 4) is 0 Å². The number of likely N-dealkylation sites (N-methyl/N-ethyl adjacent to an activating group) is 1. The molecule has 19 heavy (non-hydrogen) atoms. The van der Waals surface area contributed by atoms with Gasteiger partial charge in [-0.1, -0.05) is 12.1 Å². The van der Waals surface area contributed by atoms with Gasteiger partial charge in [0.15, 0.2) is 0 Å². The average molecular weight is 266 g/mol. The van der Waals surface area contributed by atoms with Gasteiger partial charge in [-0.05, 0) is 31.5 Å². The number of carbonyl (C=O) groups is 1. The minimum atomic E-state index is -0.912. The van der Waals surface area contributed by atoms with E-state index in [0.29, 0.717) is 18.5 Å². The topological polar surface area (TPSA) is 52.6 Å². The van der Waals surface area contributed by atoms with E-state index in [9.17, 15) is 14.3 Å². The maximum atomic E-state index is 13.9. The normalized spacial score (nSPS) is 22.5. The first-order valence-corrected chi connectivity index (χ1v) is 6.37. The van der Waals surface area contributed by atoms with Crippen molar-refractivity contribution in [2.24, 2.45) is 0 Å². The summed E-state index contributed by atoms with van der Waals surface area (Å²) in [6.07, 6.45) is 0.598. The second kappa shape index (κ2) is 5.27. The summed E-state index contributed by atoms with van der Waals surface area (Å²) in [7, 11) is 1.58. The number of aliphatic hydroxyl groups is 1. The number of hydrogen-bond acceptors (Lipinski definition) is 3. The number of β-amino-alcohol motifs (C(OH)–C–C–N with tert-alkyl or cyclic N) is 1. The van der Waals surface area contributed by atoms with Gasteiger partial charge >= 0.3 is 0 Å². The first-order valence-electron chi connectivity index (χ1n) is 6.37. The molecule has 0 aromatic heterocycles. The molecule has 5 heteroatoms. The minimum absolute atomic E-state index is 0.0528. The summed E-state index contributed by atoms with van der Waals surface area (Å²) >= 11 is 0. The number of rotatable bonds is 3. The largest absolute Gasteiger partial charge is 0.387 e. The van der Waals surface area contributed by atoms with E-state index in [4.69, 9.17) is 0 Å². The molecule has 1 heterocycles. The number of nitrogens with zero attached hydrogens (tertiary/aromatic N) is 1. The molecule has 4 nitrogen and oxygen atoms in total. The van der Waals surface area contributed by atoms with E-state index in [1.54, 1.807) is 26.1 Å². The monoisotopic (exact) mass is 266 g/mol. The molecule has 1 aliphatic rings. The van der Waals surface area contributed by atoms with Crippen LogP contribution in [0.5, 0.6) is 0 Å². The Balaban J connectivity index is 2.12. The molecule has 1 atom stereocenters. The van der Waals surface area contributed by atoms with Crippen molar-refractivity contribution < 1.29 is 14.3 Å². The quantitative estimate of drug-likeness (QED) is 0.856. The summed E-state index contributed by atoms with van der Waals surface area (Å²) in [5.74, 6) is -0.891. The van der Waals surface area contributed by atoms with Crippen molar-refractivity contribution in [1.29, 1.82) is 0 Å². The Morgan fingerprint density at radius 2 is 2.32 bits per heavy atom. The highest BCUT2D eigenvalue weighted by atomic mass is 19.1. The van der Waals surface area contributed by atoms with Crippen LogP contribution in [0.25, 0.3) is 0 Å². The summed E-state index contributed by atoms with van der Waals surface area (Å²) in [6.45, 7) is 3.02. The molecule has 0 radical (unpaired) electrons. The fourth-order valence-electron chi connectivity index (χ4n) is 2.40. The zero-order valence-corrected chi connectivity index (χ0v) is 11.2. The molecule has 1 saturated heterocycles. The predicted molar refractivity (Wildman–Crippen MR) is 70.5 cm³/mol. The van der Waals surface area contributed by atoms with Gasteiger partial charge in [0.25, 0.3) is 5.91 Å². The van der Waals surface area contributed by atoms with Crippen LogP contribution in [0.2, 0.25) is 0 Å². The Bertz CT molecular complexity index is 484. The standard InChI is InChI=1S/C14H19FN2O2/c1-10-4-3-5-11(12(10)15)13(18)17(2)9-14(19)6-7-16-8-14/h3-5,16,19H,6-9H2,1-2H3. The highest BCUT2D eigenvalue weighted by Crippen LogP contribution is 2.18. The van der Waals surface area contributed by atoms with Crippen molar-refractivity contribution in [3.63, 3.8) is 0 Å². The van der Waals surface area contributed by atoms with Gasteiger partial charge in [-0.15, -0.1) is 0 Å². The molecular weight excluding hydrogens is 247 g/mol. The maximum absolute atomic E-state index is 13.9. The number of nitrogens with one attached hydrogen (secondary N) is 1. The molecule has 1 aromatic carbocycles. The molecule has 1 amide bonds. The Morgan fingerprint density at radius 1 is 1.58 bits per heavy atom. The van der Waals surface area contributed by atoms with E-state index in [-0.39, 0.29) is 12.1 Å². The summed E-state index contributed by atoms with van der Waals surface area (Å²) < 4.78 is 13.9. The van der Waals surface area contributed by atoms with Crippen LogP contribution in [-0.2, 0) is 0 Å². The van der Waals surface area contributed by atoms with Crippen molar-refractivity contribution >= 4 is 5.91 Å². The average Bonchev–Trinajstić information content (AvgIpc) is 2.78. The zero-order valence-electron chi connectivity index (χ0n) is 11.2. The van der Waals surface area contributed by atoms with E-state index in [2.05, 4.69) is 5.32 Å². The number of aryl methyl sites for hydroxylation is 1. The Morgan fingerprint density at radius 3 is 2.95 bits per heavy atom. The molecule has 1 fully saturated rings. The lowest BCUT2D eigenvalue weighted by Crippen LogP contribution is -2.45. The summed E-state index contributed by atoms with van der Waals surface area (Å²) in [6, 6.07) is 4.75. The summed E-state index contributed by atoms with van der Waals surface area (Å²) in [5, 5.41) is 13.3. The Kier molecular flexibility index (Phi) is 3.87. The van der Waals surface area contributed by atoms with E-state index < -0.39 is 17.3 Å². The highest BCUT2D eigenvalue weighted by Gasteiger charge is 2.34. The molecule has 1 aliphatic heterocycles. The second-order valence-electron chi connectivity index (χ2n) is 5.25. The lowest BCUT2D eigenvalue weighted by Gasteiger charge is -2.28. The van der Waals surface area contributed by atoms with E-state index in [1.165, 1.54) is 11.0 Å². The van der Waals surface area contributed by atoms with Gasteiger partial charge in [0.05, 0.1) is 17.7 Å². The van der Waals surface area contributed by atoms with Crippen molar-refractivity contribution in [3.05, 3.63) is 35.1 Å². The van der Waals surface area contributed by atoms with Gasteiger partial charge < -0.3 is 15.3 Å². The highest BCUT2D eigenvalue weighted by molar-refractivity contribution is 5.94. The van der Waals surface area contributed by atoms with E-state index in [0.717, 1.165) is 6.54 Å². The SMILES string of the molecule is Cc1cccc(C(=O)N(C)CC2(O)CCNC2)c1F. The molecule has 2 N–H and O–H groups in total. The third-order valence-corrected chi connectivity index (χ3v) is 3.52. The molecular formula is C14H19FN2O2. The van der Waals surface area contributed by atoms with Crippen LogP contribution >= 0.6 is 0 Å². The van der Waals surface area contributed by atoms with Gasteiger partial charge in [0.2, 0.25) is 0 Å². The molecule has 104 valence electrons. The van der Waals surface area contributed by atoms with Crippen LogP contribution in [-0.4, -0.2) is 48.2 Å².